The van der Waals surface area contributed by atoms with E-state index in [1.165, 1.54) is 24.5 Å². The maximum absolute atomic E-state index is 12.9. The topological polar surface area (TPSA) is 35.0 Å². The second-order valence-corrected chi connectivity index (χ2v) is 4.18. The molecule has 0 saturated heterocycles. The third-order valence-electron chi connectivity index (χ3n) is 2.48. The van der Waals surface area contributed by atoms with E-state index in [9.17, 15) is 13.2 Å². The molecule has 0 amide bonds. The molecule has 7 heteroatoms. The summed E-state index contributed by atoms with van der Waals surface area (Å²) >= 11 is 5.55. The number of benzene rings is 1. The van der Waals surface area contributed by atoms with Crippen molar-refractivity contribution in [3.05, 3.63) is 53.6 Å². The molecule has 0 fully saturated rings. The fourth-order valence-electron chi connectivity index (χ4n) is 1.55. The molecule has 0 atom stereocenters. The summed E-state index contributed by atoms with van der Waals surface area (Å²) in [6, 6.07) is 5.33. The Bertz CT molecular complexity index is 576. The van der Waals surface area contributed by atoms with E-state index in [-0.39, 0.29) is 18.2 Å². The molecule has 0 N–H and O–H groups in total. The number of alkyl halides is 4. The van der Waals surface area contributed by atoms with Gasteiger partial charge in [-0.15, -0.1) is 11.6 Å². The minimum atomic E-state index is -4.51. The van der Waals surface area contributed by atoms with Crippen LogP contribution in [0.2, 0.25) is 0 Å². The molecular formula is C13H10ClF3N2O. The molecule has 1 aromatic heterocycles. The Morgan fingerprint density at radius 2 is 1.85 bits per heavy atom. The highest BCUT2D eigenvalue weighted by Crippen LogP contribution is 2.37. The van der Waals surface area contributed by atoms with Crippen LogP contribution >= 0.6 is 11.6 Å². The Kier molecular flexibility index (Phi) is 4.44. The average molecular weight is 303 g/mol. The molecule has 0 spiro atoms. The number of hydrogen-bond acceptors (Lipinski definition) is 3. The van der Waals surface area contributed by atoms with Gasteiger partial charge in [0.1, 0.15) is 12.4 Å². The van der Waals surface area contributed by atoms with Crippen LogP contribution in [0.25, 0.3) is 0 Å². The number of hydrogen-bond donors (Lipinski definition) is 0. The number of nitrogens with zero attached hydrogens (tertiary/aromatic N) is 2. The van der Waals surface area contributed by atoms with Crippen LogP contribution in [0.5, 0.6) is 5.75 Å². The summed E-state index contributed by atoms with van der Waals surface area (Å²) in [6.45, 7) is -0.135. The summed E-state index contributed by atoms with van der Waals surface area (Å²) in [4.78, 5) is 7.76. The molecule has 106 valence electrons. The van der Waals surface area contributed by atoms with Gasteiger partial charge in [0.05, 0.1) is 5.56 Å². The molecule has 1 aromatic carbocycles. The van der Waals surface area contributed by atoms with Crippen LogP contribution in [0.1, 0.15) is 17.0 Å². The second kappa shape index (κ2) is 6.09. The van der Waals surface area contributed by atoms with E-state index in [2.05, 4.69) is 9.97 Å². The van der Waals surface area contributed by atoms with Crippen molar-refractivity contribution in [3.63, 3.8) is 0 Å². The maximum atomic E-state index is 12.9. The average Bonchev–Trinajstić information content (AvgIpc) is 2.45. The van der Waals surface area contributed by atoms with Crippen molar-refractivity contribution in [2.45, 2.75) is 18.7 Å². The number of halogens is 4. The van der Waals surface area contributed by atoms with Gasteiger partial charge in [-0.1, -0.05) is 6.07 Å². The second-order valence-electron chi connectivity index (χ2n) is 3.92. The van der Waals surface area contributed by atoms with Gasteiger partial charge in [-0.2, -0.15) is 13.2 Å². The first-order valence-electron chi connectivity index (χ1n) is 5.65. The monoisotopic (exact) mass is 302 g/mol. The van der Waals surface area contributed by atoms with E-state index in [1.807, 2.05) is 0 Å². The summed E-state index contributed by atoms with van der Waals surface area (Å²) in [6.07, 6.45) is -1.52. The zero-order valence-corrected chi connectivity index (χ0v) is 10.9. The Morgan fingerprint density at radius 3 is 2.45 bits per heavy atom. The predicted molar refractivity (Wildman–Crippen MR) is 67.4 cm³/mol. The highest BCUT2D eigenvalue weighted by atomic mass is 35.5. The Morgan fingerprint density at radius 1 is 1.15 bits per heavy atom. The van der Waals surface area contributed by atoms with Gasteiger partial charge < -0.3 is 4.74 Å². The molecule has 0 aliphatic rings. The van der Waals surface area contributed by atoms with Gasteiger partial charge >= 0.3 is 6.18 Å². The number of aromatic nitrogens is 2. The van der Waals surface area contributed by atoms with Crippen LogP contribution in [0.4, 0.5) is 13.2 Å². The first-order valence-corrected chi connectivity index (χ1v) is 6.19. The molecule has 1 heterocycles. The van der Waals surface area contributed by atoms with E-state index in [0.29, 0.717) is 11.4 Å². The van der Waals surface area contributed by atoms with Crippen molar-refractivity contribution in [1.82, 2.24) is 9.97 Å². The van der Waals surface area contributed by atoms with Gasteiger partial charge in [-0.3, -0.25) is 0 Å². The van der Waals surface area contributed by atoms with Crippen molar-refractivity contribution in [2.75, 3.05) is 0 Å². The highest BCUT2D eigenvalue weighted by Gasteiger charge is 2.34. The first kappa shape index (κ1) is 14.6. The third-order valence-corrected chi connectivity index (χ3v) is 2.79. The highest BCUT2D eigenvalue weighted by molar-refractivity contribution is 6.17. The zero-order chi connectivity index (χ0) is 14.6. The van der Waals surface area contributed by atoms with Crippen molar-refractivity contribution in [2.24, 2.45) is 0 Å². The zero-order valence-electron chi connectivity index (χ0n) is 10.2. The summed E-state index contributed by atoms with van der Waals surface area (Å²) in [5.74, 6) is 0.0476. The maximum Gasteiger partial charge on any atom is 0.419 e. The minimum Gasteiger partial charge on any atom is -0.485 e. The molecule has 2 aromatic rings. The van der Waals surface area contributed by atoms with Gasteiger partial charge in [0.15, 0.2) is 5.82 Å². The normalized spacial score (nSPS) is 11.4. The third kappa shape index (κ3) is 3.60. The SMILES string of the molecule is FC(F)(F)c1cc(CCl)ccc1OCc1ncccn1. The van der Waals surface area contributed by atoms with Crippen LogP contribution in [-0.2, 0) is 18.7 Å². The van der Waals surface area contributed by atoms with Gasteiger partial charge in [-0.25, -0.2) is 9.97 Å². The van der Waals surface area contributed by atoms with Crippen molar-refractivity contribution >= 4 is 11.6 Å². The lowest BCUT2D eigenvalue weighted by Crippen LogP contribution is -2.10. The lowest BCUT2D eigenvalue weighted by molar-refractivity contribution is -0.139. The lowest BCUT2D eigenvalue weighted by Gasteiger charge is -2.14. The fourth-order valence-corrected chi connectivity index (χ4v) is 1.72. The van der Waals surface area contributed by atoms with E-state index >= 15 is 0 Å². The van der Waals surface area contributed by atoms with Crippen molar-refractivity contribution < 1.29 is 17.9 Å². The Balaban J connectivity index is 2.23. The largest absolute Gasteiger partial charge is 0.485 e. The Labute approximate surface area is 118 Å². The summed E-state index contributed by atoms with van der Waals surface area (Å²) in [5, 5.41) is 0. The van der Waals surface area contributed by atoms with Crippen LogP contribution in [0.15, 0.2) is 36.7 Å². The fraction of sp³-hybridized carbons (Fsp3) is 0.231. The first-order chi connectivity index (χ1) is 9.50. The summed E-state index contributed by atoms with van der Waals surface area (Å²) in [5.41, 5.74) is -0.478. The summed E-state index contributed by atoms with van der Waals surface area (Å²) in [7, 11) is 0. The predicted octanol–water partition coefficient (Wildman–Crippen LogP) is 3.81. The van der Waals surface area contributed by atoms with Gasteiger partial charge in [0, 0.05) is 18.3 Å². The number of ether oxygens (including phenoxy) is 1. The standard InChI is InChI=1S/C13H10ClF3N2O/c14-7-9-2-3-11(10(6-9)13(15,16)17)20-8-12-18-4-1-5-19-12/h1-6H,7-8H2. The molecule has 3 nitrogen and oxygen atoms in total. The van der Waals surface area contributed by atoms with Gasteiger partial charge in [0.25, 0.3) is 0 Å². The molecule has 20 heavy (non-hydrogen) atoms. The van der Waals surface area contributed by atoms with Crippen LogP contribution in [-0.4, -0.2) is 9.97 Å². The van der Waals surface area contributed by atoms with Crippen molar-refractivity contribution in [1.29, 1.82) is 0 Å². The number of rotatable bonds is 4. The lowest BCUT2D eigenvalue weighted by atomic mass is 10.1. The van der Waals surface area contributed by atoms with E-state index < -0.39 is 11.7 Å². The van der Waals surface area contributed by atoms with Crippen LogP contribution in [0, 0.1) is 0 Å². The van der Waals surface area contributed by atoms with Crippen LogP contribution in [0.3, 0.4) is 0 Å². The quantitative estimate of drug-likeness (QED) is 0.806. The van der Waals surface area contributed by atoms with E-state index in [4.69, 9.17) is 16.3 Å². The minimum absolute atomic E-state index is 0.00512. The molecule has 0 aliphatic carbocycles. The smallest absolute Gasteiger partial charge is 0.419 e. The molecule has 0 bridgehead atoms. The molecule has 2 rings (SSSR count). The molecule has 0 saturated carbocycles. The van der Waals surface area contributed by atoms with Crippen molar-refractivity contribution in [3.8, 4) is 5.75 Å². The van der Waals surface area contributed by atoms with Gasteiger partial charge in [0.2, 0.25) is 0 Å². The molecule has 0 unspecified atom stereocenters. The van der Waals surface area contributed by atoms with Crippen LogP contribution < -0.4 is 4.74 Å². The molecule has 0 radical (unpaired) electrons. The molecule has 0 aliphatic heterocycles. The molecular weight excluding hydrogens is 293 g/mol. The summed E-state index contributed by atoms with van der Waals surface area (Å²) < 4.78 is 44.0. The van der Waals surface area contributed by atoms with E-state index in [0.717, 1.165) is 6.07 Å². The van der Waals surface area contributed by atoms with E-state index in [1.54, 1.807) is 6.07 Å². The Hall–Kier alpha value is -1.82. The van der Waals surface area contributed by atoms with Gasteiger partial charge in [-0.05, 0) is 23.8 Å².